The molecule has 0 N–H and O–H groups in total. The van der Waals surface area contributed by atoms with Gasteiger partial charge in [0.05, 0.1) is 13.2 Å². The number of carbonyl (C=O) groups excluding carboxylic acids is 1. The van der Waals surface area contributed by atoms with Gasteiger partial charge in [-0.3, -0.25) is 4.79 Å². The zero-order valence-electron chi connectivity index (χ0n) is 14.0. The summed E-state index contributed by atoms with van der Waals surface area (Å²) in [6.07, 6.45) is 0.795. The van der Waals surface area contributed by atoms with Crippen LogP contribution in [-0.2, 0) is 16.0 Å². The maximum Gasteiger partial charge on any atom is 0.260 e. The summed E-state index contributed by atoms with van der Waals surface area (Å²) >= 11 is 0. The molecule has 2 aromatic carbocycles. The standard InChI is InChI=1S/C20H23NO3/c1-16-7-8-19(18(13-16)14-17-5-3-2-4-6-17)24-15-20(22)21-9-11-23-12-10-21/h2-8,13H,9-12,14-15H2,1H3. The van der Waals surface area contributed by atoms with Crippen molar-refractivity contribution >= 4 is 5.91 Å². The lowest BCUT2D eigenvalue weighted by Crippen LogP contribution is -2.43. The summed E-state index contributed by atoms with van der Waals surface area (Å²) in [5.74, 6) is 0.801. The molecule has 0 aliphatic carbocycles. The monoisotopic (exact) mass is 325 g/mol. The van der Waals surface area contributed by atoms with Crippen molar-refractivity contribution in [2.75, 3.05) is 32.9 Å². The van der Waals surface area contributed by atoms with E-state index < -0.39 is 0 Å². The third-order valence-electron chi connectivity index (χ3n) is 4.17. The van der Waals surface area contributed by atoms with Crippen molar-refractivity contribution in [2.24, 2.45) is 0 Å². The average Bonchev–Trinajstić information content (AvgIpc) is 2.62. The topological polar surface area (TPSA) is 38.8 Å². The molecule has 1 amide bonds. The van der Waals surface area contributed by atoms with Crippen LogP contribution < -0.4 is 4.74 Å². The summed E-state index contributed by atoms with van der Waals surface area (Å²) in [6, 6.07) is 16.4. The maximum absolute atomic E-state index is 12.3. The SMILES string of the molecule is Cc1ccc(OCC(=O)N2CCOCC2)c(Cc2ccccc2)c1. The second kappa shape index (κ2) is 7.97. The zero-order valence-corrected chi connectivity index (χ0v) is 14.0. The van der Waals surface area contributed by atoms with Gasteiger partial charge in [0.15, 0.2) is 6.61 Å². The Morgan fingerprint density at radius 3 is 2.62 bits per heavy atom. The molecule has 0 radical (unpaired) electrons. The summed E-state index contributed by atoms with van der Waals surface area (Å²) in [4.78, 5) is 14.1. The van der Waals surface area contributed by atoms with Crippen molar-refractivity contribution in [3.8, 4) is 5.75 Å². The first-order valence-corrected chi connectivity index (χ1v) is 8.34. The quantitative estimate of drug-likeness (QED) is 0.848. The smallest absolute Gasteiger partial charge is 0.260 e. The Morgan fingerprint density at radius 2 is 1.88 bits per heavy atom. The predicted octanol–water partition coefficient (Wildman–Crippen LogP) is 2.82. The molecular weight excluding hydrogens is 302 g/mol. The largest absolute Gasteiger partial charge is 0.483 e. The molecule has 0 aromatic heterocycles. The minimum Gasteiger partial charge on any atom is -0.483 e. The lowest BCUT2D eigenvalue weighted by molar-refractivity contribution is -0.137. The first-order valence-electron chi connectivity index (χ1n) is 8.34. The van der Waals surface area contributed by atoms with Crippen LogP contribution in [-0.4, -0.2) is 43.7 Å². The van der Waals surface area contributed by atoms with Gasteiger partial charge in [-0.15, -0.1) is 0 Å². The zero-order chi connectivity index (χ0) is 16.8. The van der Waals surface area contributed by atoms with E-state index in [2.05, 4.69) is 25.1 Å². The highest BCUT2D eigenvalue weighted by Crippen LogP contribution is 2.23. The number of carbonyl (C=O) groups is 1. The van der Waals surface area contributed by atoms with E-state index in [0.717, 1.165) is 17.7 Å². The lowest BCUT2D eigenvalue weighted by atomic mass is 10.0. The van der Waals surface area contributed by atoms with Crippen LogP contribution in [0.3, 0.4) is 0 Å². The molecule has 2 aromatic rings. The number of hydrogen-bond acceptors (Lipinski definition) is 3. The van der Waals surface area contributed by atoms with E-state index >= 15 is 0 Å². The fourth-order valence-electron chi connectivity index (χ4n) is 2.85. The van der Waals surface area contributed by atoms with E-state index in [1.807, 2.05) is 30.3 Å². The van der Waals surface area contributed by atoms with Gasteiger partial charge in [0, 0.05) is 19.5 Å². The van der Waals surface area contributed by atoms with E-state index in [0.29, 0.717) is 26.3 Å². The number of benzene rings is 2. The van der Waals surface area contributed by atoms with Gasteiger partial charge in [0.1, 0.15) is 5.75 Å². The Morgan fingerprint density at radius 1 is 1.12 bits per heavy atom. The second-order valence-corrected chi connectivity index (χ2v) is 6.06. The van der Waals surface area contributed by atoms with Crippen LogP contribution in [0.2, 0.25) is 0 Å². The molecule has 0 spiro atoms. The van der Waals surface area contributed by atoms with E-state index in [9.17, 15) is 4.79 Å². The minimum atomic E-state index is 0.0181. The van der Waals surface area contributed by atoms with Crippen molar-refractivity contribution < 1.29 is 14.3 Å². The number of ether oxygens (including phenoxy) is 2. The molecule has 0 saturated carbocycles. The third-order valence-corrected chi connectivity index (χ3v) is 4.17. The highest BCUT2D eigenvalue weighted by atomic mass is 16.5. The number of nitrogens with zero attached hydrogens (tertiary/aromatic N) is 1. The first kappa shape index (κ1) is 16.5. The molecule has 0 unspecified atom stereocenters. The van der Waals surface area contributed by atoms with Crippen molar-refractivity contribution in [1.82, 2.24) is 4.90 Å². The molecule has 0 atom stereocenters. The van der Waals surface area contributed by atoms with Crippen molar-refractivity contribution in [1.29, 1.82) is 0 Å². The van der Waals surface area contributed by atoms with Gasteiger partial charge >= 0.3 is 0 Å². The highest BCUT2D eigenvalue weighted by molar-refractivity contribution is 5.77. The number of aryl methyl sites for hydroxylation is 1. The molecule has 4 nitrogen and oxygen atoms in total. The Balaban J connectivity index is 1.67. The number of morpholine rings is 1. The van der Waals surface area contributed by atoms with Gasteiger partial charge < -0.3 is 14.4 Å². The average molecular weight is 325 g/mol. The molecule has 3 rings (SSSR count). The fraction of sp³-hybridized carbons (Fsp3) is 0.350. The van der Waals surface area contributed by atoms with E-state index in [1.165, 1.54) is 11.1 Å². The van der Waals surface area contributed by atoms with E-state index in [-0.39, 0.29) is 12.5 Å². The van der Waals surface area contributed by atoms with Crippen molar-refractivity contribution in [2.45, 2.75) is 13.3 Å². The van der Waals surface area contributed by atoms with Crippen LogP contribution in [0.4, 0.5) is 0 Å². The van der Waals surface area contributed by atoms with Gasteiger partial charge in [-0.2, -0.15) is 0 Å². The number of hydrogen-bond donors (Lipinski definition) is 0. The van der Waals surface area contributed by atoms with E-state index in [1.54, 1.807) is 4.90 Å². The van der Waals surface area contributed by atoms with Crippen LogP contribution in [0, 0.1) is 6.92 Å². The molecule has 1 fully saturated rings. The molecule has 4 heteroatoms. The van der Waals surface area contributed by atoms with Crippen molar-refractivity contribution in [3.63, 3.8) is 0 Å². The summed E-state index contributed by atoms with van der Waals surface area (Å²) in [5.41, 5.74) is 3.52. The lowest BCUT2D eigenvalue weighted by Gasteiger charge is -2.26. The molecule has 1 saturated heterocycles. The van der Waals surface area contributed by atoms with Crippen molar-refractivity contribution in [3.05, 3.63) is 65.2 Å². The summed E-state index contributed by atoms with van der Waals surface area (Å²) < 4.78 is 11.1. The van der Waals surface area contributed by atoms with Gasteiger partial charge in [0.2, 0.25) is 0 Å². The third kappa shape index (κ3) is 4.36. The van der Waals surface area contributed by atoms with Crippen LogP contribution >= 0.6 is 0 Å². The summed E-state index contributed by atoms with van der Waals surface area (Å²) in [7, 11) is 0. The molecular formula is C20H23NO3. The normalized spacial score (nSPS) is 14.5. The Hall–Kier alpha value is -2.33. The van der Waals surface area contributed by atoms with Gasteiger partial charge in [-0.1, -0.05) is 48.0 Å². The van der Waals surface area contributed by atoms with E-state index in [4.69, 9.17) is 9.47 Å². The fourth-order valence-corrected chi connectivity index (χ4v) is 2.85. The maximum atomic E-state index is 12.3. The molecule has 1 aliphatic rings. The van der Waals surface area contributed by atoms with Crippen LogP contribution in [0.1, 0.15) is 16.7 Å². The molecule has 24 heavy (non-hydrogen) atoms. The highest BCUT2D eigenvalue weighted by Gasteiger charge is 2.17. The molecule has 1 aliphatic heterocycles. The molecule has 0 bridgehead atoms. The van der Waals surface area contributed by atoms with Crippen LogP contribution in [0.15, 0.2) is 48.5 Å². The Labute approximate surface area is 143 Å². The van der Waals surface area contributed by atoms with Crippen LogP contribution in [0.25, 0.3) is 0 Å². The number of amides is 1. The van der Waals surface area contributed by atoms with Gasteiger partial charge in [0.25, 0.3) is 5.91 Å². The van der Waals surface area contributed by atoms with Gasteiger partial charge in [-0.25, -0.2) is 0 Å². The van der Waals surface area contributed by atoms with Crippen LogP contribution in [0.5, 0.6) is 5.75 Å². The first-order chi connectivity index (χ1) is 11.7. The predicted molar refractivity (Wildman–Crippen MR) is 93.3 cm³/mol. The second-order valence-electron chi connectivity index (χ2n) is 6.06. The summed E-state index contributed by atoms with van der Waals surface area (Å²) in [5, 5.41) is 0. The molecule has 1 heterocycles. The molecule has 126 valence electrons. The van der Waals surface area contributed by atoms with Gasteiger partial charge in [-0.05, 0) is 24.1 Å². The Kier molecular flexibility index (Phi) is 5.49. The minimum absolute atomic E-state index is 0.0181. The number of rotatable bonds is 5. The Bertz CT molecular complexity index is 679. The summed E-state index contributed by atoms with van der Waals surface area (Å²) in [6.45, 7) is 4.65.